The standard InChI is InChI=1S/C14H12N2O2S2/c1-18-12-7-9(20(2)17)3-4-10(12)14-16-11-8-15-6-5-13(11)19-14/h3-8H,1-2H3. The minimum Gasteiger partial charge on any atom is -0.496 e. The van der Waals surface area contributed by atoms with Crippen LogP contribution in [0.4, 0.5) is 0 Å². The molecule has 1 atom stereocenters. The second-order valence-electron chi connectivity index (χ2n) is 4.18. The van der Waals surface area contributed by atoms with Crippen LogP contribution in [0.1, 0.15) is 0 Å². The molecule has 0 aliphatic rings. The quantitative estimate of drug-likeness (QED) is 0.746. The van der Waals surface area contributed by atoms with Crippen LogP contribution in [-0.4, -0.2) is 27.5 Å². The zero-order valence-corrected chi connectivity index (χ0v) is 12.6. The molecule has 0 N–H and O–H groups in total. The van der Waals surface area contributed by atoms with Crippen molar-refractivity contribution in [2.45, 2.75) is 4.90 Å². The second-order valence-corrected chi connectivity index (χ2v) is 6.59. The number of benzene rings is 1. The molecule has 2 heterocycles. The maximum Gasteiger partial charge on any atom is 0.130 e. The van der Waals surface area contributed by atoms with Gasteiger partial charge < -0.3 is 4.74 Å². The van der Waals surface area contributed by atoms with E-state index in [0.717, 1.165) is 25.7 Å². The molecule has 0 radical (unpaired) electrons. The van der Waals surface area contributed by atoms with Crippen molar-refractivity contribution in [3.8, 4) is 16.3 Å². The molecule has 4 nitrogen and oxygen atoms in total. The Bertz CT molecular complexity index is 766. The molecule has 6 heteroatoms. The molecule has 0 fully saturated rings. The summed E-state index contributed by atoms with van der Waals surface area (Å²) in [6, 6.07) is 7.49. The molecule has 0 spiro atoms. The van der Waals surface area contributed by atoms with Gasteiger partial charge in [-0.15, -0.1) is 11.3 Å². The highest BCUT2D eigenvalue weighted by Gasteiger charge is 2.13. The van der Waals surface area contributed by atoms with Crippen molar-refractivity contribution in [1.29, 1.82) is 0 Å². The Hall–Kier alpha value is -1.79. The lowest BCUT2D eigenvalue weighted by molar-refractivity contribution is 0.415. The maximum atomic E-state index is 11.5. The first kappa shape index (κ1) is 13.2. The van der Waals surface area contributed by atoms with Gasteiger partial charge in [-0.25, -0.2) is 4.98 Å². The van der Waals surface area contributed by atoms with Gasteiger partial charge >= 0.3 is 0 Å². The van der Waals surface area contributed by atoms with Crippen molar-refractivity contribution < 1.29 is 8.95 Å². The number of ether oxygens (including phenoxy) is 1. The van der Waals surface area contributed by atoms with Gasteiger partial charge in [0.15, 0.2) is 0 Å². The number of aromatic nitrogens is 2. The van der Waals surface area contributed by atoms with E-state index < -0.39 is 10.8 Å². The Kier molecular flexibility index (Phi) is 3.50. The van der Waals surface area contributed by atoms with E-state index in [1.807, 2.05) is 18.2 Å². The summed E-state index contributed by atoms with van der Waals surface area (Å²) in [4.78, 5) is 9.38. The SMILES string of the molecule is COc1cc(S(C)=O)ccc1-c1nc2cnccc2s1. The van der Waals surface area contributed by atoms with E-state index >= 15 is 0 Å². The molecule has 2 aromatic heterocycles. The molecule has 0 bridgehead atoms. The Labute approximate surface area is 122 Å². The summed E-state index contributed by atoms with van der Waals surface area (Å²) in [6.07, 6.45) is 5.15. The Morgan fingerprint density at radius 2 is 2.15 bits per heavy atom. The van der Waals surface area contributed by atoms with E-state index in [-0.39, 0.29) is 0 Å². The van der Waals surface area contributed by atoms with Gasteiger partial charge in [0.25, 0.3) is 0 Å². The second kappa shape index (κ2) is 5.30. The summed E-state index contributed by atoms with van der Waals surface area (Å²) in [7, 11) is 0.580. The number of thiazole rings is 1. The van der Waals surface area contributed by atoms with Crippen molar-refractivity contribution in [2.24, 2.45) is 0 Å². The van der Waals surface area contributed by atoms with Gasteiger partial charge in [0, 0.05) is 28.1 Å². The first-order valence-corrected chi connectivity index (χ1v) is 8.29. The fourth-order valence-electron chi connectivity index (χ4n) is 1.92. The fourth-order valence-corrected chi connectivity index (χ4v) is 3.42. The Morgan fingerprint density at radius 3 is 2.85 bits per heavy atom. The zero-order valence-electron chi connectivity index (χ0n) is 11.0. The van der Waals surface area contributed by atoms with Crippen LogP contribution in [0.2, 0.25) is 0 Å². The van der Waals surface area contributed by atoms with Gasteiger partial charge in [0.1, 0.15) is 16.3 Å². The number of hydrogen-bond donors (Lipinski definition) is 0. The van der Waals surface area contributed by atoms with Gasteiger partial charge in [-0.2, -0.15) is 0 Å². The third kappa shape index (κ3) is 2.32. The monoisotopic (exact) mass is 304 g/mol. The van der Waals surface area contributed by atoms with Gasteiger partial charge in [0.05, 0.1) is 23.6 Å². The van der Waals surface area contributed by atoms with E-state index in [2.05, 4.69) is 9.97 Å². The molecule has 0 saturated carbocycles. The van der Waals surface area contributed by atoms with Crippen LogP contribution in [0.15, 0.2) is 41.6 Å². The van der Waals surface area contributed by atoms with Gasteiger partial charge in [-0.1, -0.05) is 0 Å². The number of methoxy groups -OCH3 is 1. The van der Waals surface area contributed by atoms with Crippen molar-refractivity contribution in [2.75, 3.05) is 13.4 Å². The Morgan fingerprint density at radius 1 is 1.30 bits per heavy atom. The fraction of sp³-hybridized carbons (Fsp3) is 0.143. The molecule has 0 aliphatic heterocycles. The molecular formula is C14H12N2O2S2. The van der Waals surface area contributed by atoms with Crippen molar-refractivity contribution in [3.05, 3.63) is 36.7 Å². The average Bonchev–Trinajstić information content (AvgIpc) is 2.90. The third-order valence-corrected chi connectivity index (χ3v) is 4.91. The molecule has 1 aromatic carbocycles. The van der Waals surface area contributed by atoms with Crippen LogP contribution in [0.3, 0.4) is 0 Å². The number of rotatable bonds is 3. The third-order valence-electron chi connectivity index (χ3n) is 2.93. The Balaban J connectivity index is 2.15. The number of pyridine rings is 1. The van der Waals surface area contributed by atoms with E-state index in [4.69, 9.17) is 4.74 Å². The summed E-state index contributed by atoms with van der Waals surface area (Å²) in [5.41, 5.74) is 1.78. The first-order chi connectivity index (χ1) is 9.69. The molecule has 3 aromatic rings. The predicted molar refractivity (Wildman–Crippen MR) is 81.7 cm³/mol. The van der Waals surface area contributed by atoms with E-state index in [9.17, 15) is 4.21 Å². The highest BCUT2D eigenvalue weighted by Crippen LogP contribution is 2.36. The minimum absolute atomic E-state index is 0.685. The largest absolute Gasteiger partial charge is 0.496 e. The average molecular weight is 304 g/mol. The van der Waals surface area contributed by atoms with Crippen LogP contribution < -0.4 is 4.74 Å². The highest BCUT2D eigenvalue weighted by molar-refractivity contribution is 7.84. The van der Waals surface area contributed by atoms with Crippen molar-refractivity contribution in [3.63, 3.8) is 0 Å². The molecule has 1 unspecified atom stereocenters. The van der Waals surface area contributed by atoms with Crippen LogP contribution in [-0.2, 0) is 10.8 Å². The maximum absolute atomic E-state index is 11.5. The smallest absolute Gasteiger partial charge is 0.130 e. The van der Waals surface area contributed by atoms with Crippen LogP contribution in [0.25, 0.3) is 20.8 Å². The lowest BCUT2D eigenvalue weighted by Crippen LogP contribution is -1.92. The van der Waals surface area contributed by atoms with Crippen LogP contribution in [0, 0.1) is 0 Å². The molecular weight excluding hydrogens is 292 g/mol. The van der Waals surface area contributed by atoms with E-state index in [1.54, 1.807) is 43.2 Å². The summed E-state index contributed by atoms with van der Waals surface area (Å²) < 4.78 is 18.0. The van der Waals surface area contributed by atoms with E-state index in [1.165, 1.54) is 0 Å². The molecule has 0 saturated heterocycles. The molecule has 20 heavy (non-hydrogen) atoms. The van der Waals surface area contributed by atoms with Crippen LogP contribution >= 0.6 is 11.3 Å². The summed E-state index contributed by atoms with van der Waals surface area (Å²) in [5.74, 6) is 0.685. The normalized spacial score (nSPS) is 12.5. The summed E-state index contributed by atoms with van der Waals surface area (Å²) >= 11 is 1.59. The number of fused-ring (bicyclic) bond motifs is 1. The van der Waals surface area contributed by atoms with Crippen molar-refractivity contribution >= 4 is 32.4 Å². The number of nitrogens with zero attached hydrogens (tertiary/aromatic N) is 2. The molecule has 3 rings (SSSR count). The van der Waals surface area contributed by atoms with Gasteiger partial charge in [0.2, 0.25) is 0 Å². The van der Waals surface area contributed by atoms with Crippen molar-refractivity contribution in [1.82, 2.24) is 9.97 Å². The van der Waals surface area contributed by atoms with Gasteiger partial charge in [-0.05, 0) is 24.3 Å². The molecule has 0 amide bonds. The lowest BCUT2D eigenvalue weighted by Gasteiger charge is -2.07. The summed E-state index contributed by atoms with van der Waals surface area (Å²) in [5, 5.41) is 0.873. The van der Waals surface area contributed by atoms with Gasteiger partial charge in [-0.3, -0.25) is 9.19 Å². The molecule has 102 valence electrons. The zero-order chi connectivity index (χ0) is 14.1. The predicted octanol–water partition coefficient (Wildman–Crippen LogP) is 3.10. The topological polar surface area (TPSA) is 52.1 Å². The lowest BCUT2D eigenvalue weighted by atomic mass is 10.2. The number of hydrogen-bond acceptors (Lipinski definition) is 5. The highest BCUT2D eigenvalue weighted by atomic mass is 32.2. The molecule has 0 aliphatic carbocycles. The summed E-state index contributed by atoms with van der Waals surface area (Å²) in [6.45, 7) is 0. The first-order valence-electron chi connectivity index (χ1n) is 5.91. The van der Waals surface area contributed by atoms with E-state index in [0.29, 0.717) is 5.75 Å². The van der Waals surface area contributed by atoms with Crippen LogP contribution in [0.5, 0.6) is 5.75 Å². The minimum atomic E-state index is -1.03.